The van der Waals surface area contributed by atoms with Gasteiger partial charge in [0.15, 0.2) is 0 Å². The van der Waals surface area contributed by atoms with Crippen molar-refractivity contribution < 1.29 is 4.42 Å². The minimum atomic E-state index is 0.728. The quantitative estimate of drug-likeness (QED) is 0.318. The molecule has 4 aromatic carbocycles. The topological polar surface area (TPSA) is 13.1 Å². The molecular weight excluding hydrogens is 340 g/mol. The SMILES string of the molecule is Clc1cc(-c2ccccc2)cc(-c2ccc3c(c2)oc2ccccc23)c1. The van der Waals surface area contributed by atoms with Crippen LogP contribution in [0, 0.1) is 0 Å². The summed E-state index contributed by atoms with van der Waals surface area (Å²) in [5.74, 6) is 0. The van der Waals surface area contributed by atoms with Gasteiger partial charge in [-0.1, -0.05) is 66.2 Å². The zero-order valence-electron chi connectivity index (χ0n) is 13.9. The molecule has 0 unspecified atom stereocenters. The van der Waals surface area contributed by atoms with Gasteiger partial charge in [-0.05, 0) is 58.7 Å². The Labute approximate surface area is 156 Å². The van der Waals surface area contributed by atoms with Gasteiger partial charge in [0.1, 0.15) is 11.2 Å². The zero-order chi connectivity index (χ0) is 17.5. The number of rotatable bonds is 2. The lowest BCUT2D eigenvalue weighted by Crippen LogP contribution is -1.82. The van der Waals surface area contributed by atoms with E-state index in [-0.39, 0.29) is 0 Å². The Morgan fingerprint density at radius 2 is 1.19 bits per heavy atom. The van der Waals surface area contributed by atoms with E-state index in [9.17, 15) is 0 Å². The molecule has 124 valence electrons. The molecule has 1 heterocycles. The summed E-state index contributed by atoms with van der Waals surface area (Å²) >= 11 is 6.41. The van der Waals surface area contributed by atoms with Crippen LogP contribution < -0.4 is 0 Å². The highest BCUT2D eigenvalue weighted by Crippen LogP contribution is 2.34. The van der Waals surface area contributed by atoms with Crippen molar-refractivity contribution >= 4 is 33.5 Å². The average Bonchev–Trinajstić information content (AvgIpc) is 3.06. The zero-order valence-corrected chi connectivity index (χ0v) is 14.7. The maximum absolute atomic E-state index is 6.41. The molecule has 0 aliphatic carbocycles. The van der Waals surface area contributed by atoms with Gasteiger partial charge in [0, 0.05) is 15.8 Å². The lowest BCUT2D eigenvalue weighted by atomic mass is 9.98. The first-order chi connectivity index (χ1) is 12.8. The van der Waals surface area contributed by atoms with Crippen molar-refractivity contribution in [3.8, 4) is 22.3 Å². The van der Waals surface area contributed by atoms with Gasteiger partial charge in [-0.25, -0.2) is 0 Å². The van der Waals surface area contributed by atoms with E-state index in [1.807, 2.05) is 48.5 Å². The van der Waals surface area contributed by atoms with Crippen molar-refractivity contribution in [2.45, 2.75) is 0 Å². The number of fused-ring (bicyclic) bond motifs is 3. The van der Waals surface area contributed by atoms with E-state index in [1.54, 1.807) is 0 Å². The van der Waals surface area contributed by atoms with E-state index >= 15 is 0 Å². The van der Waals surface area contributed by atoms with Crippen molar-refractivity contribution in [2.75, 3.05) is 0 Å². The fourth-order valence-electron chi connectivity index (χ4n) is 3.46. The Kier molecular flexibility index (Phi) is 3.55. The number of furan rings is 1. The average molecular weight is 355 g/mol. The highest BCUT2D eigenvalue weighted by atomic mass is 35.5. The number of benzene rings is 4. The molecule has 2 heteroatoms. The second-order valence-electron chi connectivity index (χ2n) is 6.40. The van der Waals surface area contributed by atoms with Crippen molar-refractivity contribution in [2.24, 2.45) is 0 Å². The summed E-state index contributed by atoms with van der Waals surface area (Å²) in [5, 5.41) is 3.01. The van der Waals surface area contributed by atoms with E-state index < -0.39 is 0 Å². The van der Waals surface area contributed by atoms with Crippen LogP contribution in [0.15, 0.2) is 95.4 Å². The Bertz CT molecular complexity index is 1240. The third-order valence-electron chi connectivity index (χ3n) is 4.72. The first-order valence-electron chi connectivity index (χ1n) is 8.56. The smallest absolute Gasteiger partial charge is 0.136 e. The third kappa shape index (κ3) is 2.58. The van der Waals surface area contributed by atoms with Crippen LogP contribution in [0.25, 0.3) is 44.2 Å². The predicted molar refractivity (Wildman–Crippen MR) is 110 cm³/mol. The van der Waals surface area contributed by atoms with Crippen molar-refractivity contribution in [1.29, 1.82) is 0 Å². The molecule has 0 atom stereocenters. The van der Waals surface area contributed by atoms with Gasteiger partial charge in [-0.3, -0.25) is 0 Å². The van der Waals surface area contributed by atoms with Gasteiger partial charge in [-0.2, -0.15) is 0 Å². The normalized spacial score (nSPS) is 11.3. The highest BCUT2D eigenvalue weighted by Gasteiger charge is 2.09. The summed E-state index contributed by atoms with van der Waals surface area (Å²) in [7, 11) is 0. The fourth-order valence-corrected chi connectivity index (χ4v) is 3.69. The molecule has 1 nitrogen and oxygen atoms in total. The monoisotopic (exact) mass is 354 g/mol. The summed E-state index contributed by atoms with van der Waals surface area (Å²) in [6.45, 7) is 0. The van der Waals surface area contributed by atoms with Gasteiger partial charge < -0.3 is 4.42 Å². The number of para-hydroxylation sites is 1. The minimum Gasteiger partial charge on any atom is -0.456 e. The molecule has 0 aliphatic heterocycles. The first-order valence-corrected chi connectivity index (χ1v) is 8.93. The Morgan fingerprint density at radius 1 is 0.500 bits per heavy atom. The second-order valence-corrected chi connectivity index (χ2v) is 6.84. The van der Waals surface area contributed by atoms with Crippen LogP contribution in [-0.4, -0.2) is 0 Å². The molecule has 26 heavy (non-hydrogen) atoms. The van der Waals surface area contributed by atoms with Crippen LogP contribution in [-0.2, 0) is 0 Å². The van der Waals surface area contributed by atoms with E-state index in [2.05, 4.69) is 42.5 Å². The Morgan fingerprint density at radius 3 is 2.04 bits per heavy atom. The third-order valence-corrected chi connectivity index (χ3v) is 4.94. The largest absolute Gasteiger partial charge is 0.456 e. The second kappa shape index (κ2) is 6.05. The Hall–Kier alpha value is -3.03. The highest BCUT2D eigenvalue weighted by molar-refractivity contribution is 6.31. The molecule has 0 saturated carbocycles. The maximum Gasteiger partial charge on any atom is 0.136 e. The summed E-state index contributed by atoms with van der Waals surface area (Å²) in [6, 6.07) is 30.9. The van der Waals surface area contributed by atoms with Crippen LogP contribution in [0.1, 0.15) is 0 Å². The molecule has 0 N–H and O–H groups in total. The summed E-state index contributed by atoms with van der Waals surface area (Å²) in [4.78, 5) is 0. The summed E-state index contributed by atoms with van der Waals surface area (Å²) in [5.41, 5.74) is 6.24. The number of hydrogen-bond acceptors (Lipinski definition) is 1. The number of hydrogen-bond donors (Lipinski definition) is 0. The molecule has 5 rings (SSSR count). The molecular formula is C24H15ClO. The summed E-state index contributed by atoms with van der Waals surface area (Å²) in [6.07, 6.45) is 0. The number of halogens is 1. The van der Waals surface area contributed by atoms with Crippen molar-refractivity contribution in [1.82, 2.24) is 0 Å². The maximum atomic E-state index is 6.41. The van der Waals surface area contributed by atoms with E-state index in [4.69, 9.17) is 16.0 Å². The molecule has 5 aromatic rings. The molecule has 0 bridgehead atoms. The molecule has 0 saturated heterocycles. The van der Waals surface area contributed by atoms with Gasteiger partial charge in [0.05, 0.1) is 0 Å². The molecule has 0 aliphatic rings. The fraction of sp³-hybridized carbons (Fsp3) is 0. The van der Waals surface area contributed by atoms with E-state index in [0.29, 0.717) is 0 Å². The van der Waals surface area contributed by atoms with Crippen LogP contribution >= 0.6 is 11.6 Å². The standard InChI is InChI=1S/C24H15ClO/c25-20-13-18(16-6-2-1-3-7-16)12-19(14-20)17-10-11-22-21-8-4-5-9-23(21)26-24(22)15-17/h1-15H. The lowest BCUT2D eigenvalue weighted by molar-refractivity contribution is 0.669. The molecule has 1 aromatic heterocycles. The summed E-state index contributed by atoms with van der Waals surface area (Å²) < 4.78 is 6.03. The van der Waals surface area contributed by atoms with Crippen molar-refractivity contribution in [3.63, 3.8) is 0 Å². The van der Waals surface area contributed by atoms with Gasteiger partial charge >= 0.3 is 0 Å². The molecule has 0 fully saturated rings. The van der Waals surface area contributed by atoms with Crippen LogP contribution in [0.5, 0.6) is 0 Å². The molecule has 0 amide bonds. The first kappa shape index (κ1) is 15.2. The van der Waals surface area contributed by atoms with Gasteiger partial charge in [0.25, 0.3) is 0 Å². The van der Waals surface area contributed by atoms with Crippen LogP contribution in [0.3, 0.4) is 0 Å². The minimum absolute atomic E-state index is 0.728. The lowest BCUT2D eigenvalue weighted by Gasteiger charge is -2.08. The van der Waals surface area contributed by atoms with Crippen LogP contribution in [0.4, 0.5) is 0 Å². The predicted octanol–water partition coefficient (Wildman–Crippen LogP) is 7.57. The molecule has 0 radical (unpaired) electrons. The van der Waals surface area contributed by atoms with E-state index in [1.165, 1.54) is 0 Å². The Balaban J connectivity index is 1.67. The van der Waals surface area contributed by atoms with Crippen molar-refractivity contribution in [3.05, 3.63) is 96.0 Å². The van der Waals surface area contributed by atoms with E-state index in [0.717, 1.165) is 49.2 Å². The van der Waals surface area contributed by atoms with Crippen LogP contribution in [0.2, 0.25) is 5.02 Å². The molecule has 0 spiro atoms. The van der Waals surface area contributed by atoms with Gasteiger partial charge in [0.2, 0.25) is 0 Å². The van der Waals surface area contributed by atoms with Gasteiger partial charge in [-0.15, -0.1) is 0 Å².